The van der Waals surface area contributed by atoms with Crippen LogP contribution >= 0.6 is 0 Å². The van der Waals surface area contributed by atoms with E-state index < -0.39 is 16.8 Å². The zero-order valence-electron chi connectivity index (χ0n) is 11.1. The molecule has 0 aliphatic carbocycles. The minimum atomic E-state index is -0.596. The summed E-state index contributed by atoms with van der Waals surface area (Å²) < 4.78 is 6.66. The first-order valence-corrected chi connectivity index (χ1v) is 5.98. The minimum Gasteiger partial charge on any atom is -0.468 e. The Morgan fingerprint density at radius 3 is 2.40 bits per heavy atom. The fourth-order valence-electron chi connectivity index (χ4n) is 2.11. The third-order valence-corrected chi connectivity index (χ3v) is 3.15. The predicted molar refractivity (Wildman–Crippen MR) is 72.4 cm³/mol. The van der Waals surface area contributed by atoms with Crippen LogP contribution in [0.3, 0.4) is 0 Å². The number of carbonyl (C=O) groups is 1. The summed E-state index contributed by atoms with van der Waals surface area (Å²) >= 11 is 0. The topological polar surface area (TPSA) is 74.4 Å². The van der Waals surface area contributed by atoms with Crippen LogP contribution < -0.4 is 0 Å². The maximum Gasteiger partial charge on any atom is 0.319 e. The van der Waals surface area contributed by atoms with Crippen molar-refractivity contribution < 1.29 is 14.5 Å². The van der Waals surface area contributed by atoms with Gasteiger partial charge >= 0.3 is 5.97 Å². The van der Waals surface area contributed by atoms with Crippen molar-refractivity contribution >= 4 is 11.7 Å². The van der Waals surface area contributed by atoms with Crippen LogP contribution in [0.1, 0.15) is 17.2 Å². The highest BCUT2D eigenvalue weighted by Gasteiger charge is 2.26. The lowest BCUT2D eigenvalue weighted by molar-refractivity contribution is -0.384. The number of hydrogen-bond donors (Lipinski definition) is 0. The van der Waals surface area contributed by atoms with Crippen LogP contribution in [0.2, 0.25) is 0 Å². The number of carbonyl (C=O) groups excluding carboxylic acids is 1. The van der Waals surface area contributed by atoms with Gasteiger partial charge in [0.05, 0.1) is 12.0 Å². The Bertz CT molecular complexity index is 631. The maximum atomic E-state index is 12.0. The number of benzene rings is 1. The number of rotatable bonds is 4. The van der Waals surface area contributed by atoms with Crippen molar-refractivity contribution in [3.05, 3.63) is 64.0 Å². The molecule has 1 unspecified atom stereocenters. The quantitative estimate of drug-likeness (QED) is 0.487. The molecule has 1 heterocycles. The van der Waals surface area contributed by atoms with Crippen molar-refractivity contribution in [2.24, 2.45) is 7.05 Å². The van der Waals surface area contributed by atoms with Gasteiger partial charge in [-0.05, 0) is 17.7 Å². The van der Waals surface area contributed by atoms with Crippen LogP contribution in [0.15, 0.2) is 42.6 Å². The molecule has 0 spiro atoms. The Hall–Kier alpha value is -2.63. The molecule has 104 valence electrons. The molecule has 0 bridgehead atoms. The summed E-state index contributed by atoms with van der Waals surface area (Å²) in [5, 5.41) is 10.7. The van der Waals surface area contributed by atoms with Crippen molar-refractivity contribution in [1.82, 2.24) is 4.57 Å². The zero-order valence-corrected chi connectivity index (χ0v) is 11.1. The molecule has 0 N–H and O–H groups in total. The van der Waals surface area contributed by atoms with Gasteiger partial charge in [-0.1, -0.05) is 12.1 Å². The van der Waals surface area contributed by atoms with Crippen LogP contribution in [-0.2, 0) is 16.6 Å². The molecule has 1 aromatic heterocycles. The lowest BCUT2D eigenvalue weighted by Gasteiger charge is -2.16. The standard InChI is InChI=1S/C14H14N2O4/c1-15-9-3-4-12(15)13(14(17)20-2)10-5-7-11(8-6-10)16(18)19/h3-9,13H,1-2H3. The van der Waals surface area contributed by atoms with Crippen molar-refractivity contribution in [3.63, 3.8) is 0 Å². The van der Waals surface area contributed by atoms with Crippen LogP contribution in [0.5, 0.6) is 0 Å². The van der Waals surface area contributed by atoms with E-state index in [1.54, 1.807) is 12.1 Å². The Morgan fingerprint density at radius 1 is 1.30 bits per heavy atom. The first kappa shape index (κ1) is 13.8. The average Bonchev–Trinajstić information content (AvgIpc) is 2.85. The molecule has 0 fully saturated rings. The molecular formula is C14H14N2O4. The summed E-state index contributed by atoms with van der Waals surface area (Å²) in [6.07, 6.45) is 1.83. The minimum absolute atomic E-state index is 0.00996. The second-order valence-electron chi connectivity index (χ2n) is 4.35. The van der Waals surface area contributed by atoms with E-state index >= 15 is 0 Å². The molecule has 2 rings (SSSR count). The Morgan fingerprint density at radius 2 is 1.95 bits per heavy atom. The SMILES string of the molecule is COC(=O)C(c1ccc([N+](=O)[O-])cc1)c1cccn1C. The van der Waals surface area contributed by atoms with Gasteiger partial charge in [-0.25, -0.2) is 0 Å². The highest BCUT2D eigenvalue weighted by atomic mass is 16.6. The van der Waals surface area contributed by atoms with Crippen molar-refractivity contribution in [3.8, 4) is 0 Å². The summed E-state index contributed by atoms with van der Waals surface area (Å²) in [6, 6.07) is 9.57. The number of aryl methyl sites for hydroxylation is 1. The average molecular weight is 274 g/mol. The Balaban J connectivity index is 2.44. The normalized spacial score (nSPS) is 11.9. The van der Waals surface area contributed by atoms with Gasteiger partial charge in [-0.15, -0.1) is 0 Å². The molecule has 20 heavy (non-hydrogen) atoms. The lowest BCUT2D eigenvalue weighted by atomic mass is 9.95. The van der Waals surface area contributed by atoms with Gasteiger partial charge in [0.15, 0.2) is 0 Å². The molecule has 0 radical (unpaired) electrons. The fourth-order valence-corrected chi connectivity index (χ4v) is 2.11. The monoisotopic (exact) mass is 274 g/mol. The van der Waals surface area contributed by atoms with Crippen LogP contribution in [0.4, 0.5) is 5.69 Å². The van der Waals surface area contributed by atoms with Gasteiger partial charge in [-0.2, -0.15) is 0 Å². The lowest BCUT2D eigenvalue weighted by Crippen LogP contribution is -2.18. The summed E-state index contributed by atoms with van der Waals surface area (Å²) in [5.74, 6) is -0.999. The van der Waals surface area contributed by atoms with Gasteiger partial charge in [0, 0.05) is 31.1 Å². The first-order chi connectivity index (χ1) is 9.54. The molecule has 6 heteroatoms. The molecular weight excluding hydrogens is 260 g/mol. The summed E-state index contributed by atoms with van der Waals surface area (Å²) in [6.45, 7) is 0. The highest BCUT2D eigenvalue weighted by molar-refractivity contribution is 5.81. The molecule has 2 aromatic rings. The number of methoxy groups -OCH3 is 1. The number of esters is 1. The molecule has 0 aliphatic rings. The van der Waals surface area contributed by atoms with Crippen molar-refractivity contribution in [2.45, 2.75) is 5.92 Å². The van der Waals surface area contributed by atoms with Gasteiger partial charge < -0.3 is 9.30 Å². The first-order valence-electron chi connectivity index (χ1n) is 5.98. The summed E-state index contributed by atoms with van der Waals surface area (Å²) in [5.41, 5.74) is 1.42. The zero-order chi connectivity index (χ0) is 14.7. The van der Waals surface area contributed by atoms with Gasteiger partial charge in [0.1, 0.15) is 5.92 Å². The number of aromatic nitrogens is 1. The second kappa shape index (κ2) is 5.56. The third-order valence-electron chi connectivity index (χ3n) is 3.15. The van der Waals surface area contributed by atoms with Crippen LogP contribution in [0.25, 0.3) is 0 Å². The summed E-state index contributed by atoms with van der Waals surface area (Å²) in [7, 11) is 3.15. The smallest absolute Gasteiger partial charge is 0.319 e. The number of nitrogens with zero attached hydrogens (tertiary/aromatic N) is 2. The van der Waals surface area contributed by atoms with Crippen molar-refractivity contribution in [1.29, 1.82) is 0 Å². The van der Waals surface area contributed by atoms with E-state index in [1.165, 1.54) is 19.2 Å². The molecule has 0 amide bonds. The third kappa shape index (κ3) is 2.54. The van der Waals surface area contributed by atoms with Crippen LogP contribution in [0, 0.1) is 10.1 Å². The molecule has 1 aromatic carbocycles. The van der Waals surface area contributed by atoms with Gasteiger partial charge in [0.25, 0.3) is 5.69 Å². The van der Waals surface area contributed by atoms with E-state index in [1.807, 2.05) is 29.9 Å². The van der Waals surface area contributed by atoms with E-state index in [2.05, 4.69) is 0 Å². The van der Waals surface area contributed by atoms with E-state index in [0.717, 1.165) is 5.69 Å². The largest absolute Gasteiger partial charge is 0.468 e. The Kier molecular flexibility index (Phi) is 3.84. The van der Waals surface area contributed by atoms with E-state index in [-0.39, 0.29) is 5.69 Å². The fraction of sp³-hybridized carbons (Fsp3) is 0.214. The van der Waals surface area contributed by atoms with Gasteiger partial charge in [0.2, 0.25) is 0 Å². The maximum absolute atomic E-state index is 12.0. The number of nitro benzene ring substituents is 1. The van der Waals surface area contributed by atoms with Crippen LogP contribution in [-0.4, -0.2) is 22.6 Å². The number of ether oxygens (including phenoxy) is 1. The summed E-state index contributed by atoms with van der Waals surface area (Å²) in [4.78, 5) is 22.2. The number of non-ortho nitro benzene ring substituents is 1. The molecule has 1 atom stereocenters. The van der Waals surface area contributed by atoms with E-state index in [0.29, 0.717) is 5.56 Å². The van der Waals surface area contributed by atoms with E-state index in [4.69, 9.17) is 4.74 Å². The molecule has 0 saturated heterocycles. The second-order valence-corrected chi connectivity index (χ2v) is 4.35. The molecule has 6 nitrogen and oxygen atoms in total. The Labute approximate surface area is 115 Å². The highest BCUT2D eigenvalue weighted by Crippen LogP contribution is 2.27. The predicted octanol–water partition coefficient (Wildman–Crippen LogP) is 2.24. The van der Waals surface area contributed by atoms with E-state index in [9.17, 15) is 14.9 Å². The number of hydrogen-bond acceptors (Lipinski definition) is 4. The molecule has 0 saturated carbocycles. The molecule has 0 aliphatic heterocycles. The number of nitro groups is 1. The van der Waals surface area contributed by atoms with Gasteiger partial charge in [-0.3, -0.25) is 14.9 Å². The van der Waals surface area contributed by atoms with Crippen molar-refractivity contribution in [2.75, 3.05) is 7.11 Å².